The quantitative estimate of drug-likeness (QED) is 0.543. The zero-order valence-electron chi connectivity index (χ0n) is 16.8. The number of nitrogens with zero attached hydrogens (tertiary/aromatic N) is 3. The first-order valence-corrected chi connectivity index (χ1v) is 10.2. The number of halogens is 1. The first kappa shape index (κ1) is 20.1. The van der Waals surface area contributed by atoms with Gasteiger partial charge < -0.3 is 9.80 Å². The van der Waals surface area contributed by atoms with Crippen LogP contribution in [0.5, 0.6) is 0 Å². The van der Waals surface area contributed by atoms with Crippen LogP contribution in [0.2, 0.25) is 5.15 Å². The highest BCUT2D eigenvalue weighted by Crippen LogP contribution is 2.42. The van der Waals surface area contributed by atoms with Crippen LogP contribution >= 0.6 is 11.6 Å². The van der Waals surface area contributed by atoms with Crippen LogP contribution < -0.4 is 9.80 Å². The van der Waals surface area contributed by atoms with Crippen LogP contribution in [-0.2, 0) is 4.79 Å². The van der Waals surface area contributed by atoms with Crippen molar-refractivity contribution in [2.24, 2.45) is 0 Å². The van der Waals surface area contributed by atoms with E-state index in [0.717, 1.165) is 16.9 Å². The normalized spacial score (nSPS) is 17.9. The van der Waals surface area contributed by atoms with E-state index in [1.54, 1.807) is 24.0 Å². The summed E-state index contributed by atoms with van der Waals surface area (Å²) in [5, 5.41) is 0.346. The van der Waals surface area contributed by atoms with Crippen LogP contribution in [0.25, 0.3) is 0 Å². The van der Waals surface area contributed by atoms with Crippen molar-refractivity contribution >= 4 is 34.8 Å². The first-order chi connectivity index (χ1) is 14.5. The third-order valence-electron chi connectivity index (χ3n) is 5.44. The van der Waals surface area contributed by atoms with Gasteiger partial charge in [0.2, 0.25) is 5.91 Å². The molecule has 30 heavy (non-hydrogen) atoms. The molecular weight excluding hydrogens is 398 g/mol. The number of anilines is 2. The number of para-hydroxylation sites is 2. The Kier molecular flexibility index (Phi) is 5.55. The molecule has 3 aromatic rings. The molecule has 4 rings (SSSR count). The van der Waals surface area contributed by atoms with Crippen molar-refractivity contribution < 1.29 is 9.59 Å². The van der Waals surface area contributed by atoms with E-state index in [9.17, 15) is 9.59 Å². The van der Waals surface area contributed by atoms with Gasteiger partial charge in [0.05, 0.1) is 11.6 Å². The second-order valence-electron chi connectivity index (χ2n) is 7.43. The van der Waals surface area contributed by atoms with Crippen molar-refractivity contribution in [3.05, 3.63) is 89.2 Å². The Labute approximate surface area is 180 Å². The molecule has 0 aliphatic carbocycles. The van der Waals surface area contributed by atoms with Crippen LogP contribution in [0.4, 0.5) is 11.4 Å². The molecule has 0 N–H and O–H groups in total. The topological polar surface area (TPSA) is 53.5 Å². The number of carbonyl (C=O) groups excluding carboxylic acids is 2. The van der Waals surface area contributed by atoms with E-state index in [-0.39, 0.29) is 23.9 Å². The molecule has 0 spiro atoms. The van der Waals surface area contributed by atoms with Gasteiger partial charge in [-0.2, -0.15) is 0 Å². The lowest BCUT2D eigenvalue weighted by molar-refractivity contribution is -0.117. The Morgan fingerprint density at radius 3 is 2.40 bits per heavy atom. The number of hydrogen-bond donors (Lipinski definition) is 0. The van der Waals surface area contributed by atoms with Gasteiger partial charge in [0.25, 0.3) is 5.91 Å². The lowest BCUT2D eigenvalue weighted by Gasteiger charge is -2.43. The van der Waals surface area contributed by atoms with Crippen molar-refractivity contribution in [1.29, 1.82) is 0 Å². The van der Waals surface area contributed by atoms with Crippen molar-refractivity contribution in [2.75, 3.05) is 9.80 Å². The number of aromatic nitrogens is 1. The van der Waals surface area contributed by atoms with Crippen LogP contribution in [-0.4, -0.2) is 22.8 Å². The second-order valence-corrected chi connectivity index (χ2v) is 7.82. The Morgan fingerprint density at radius 2 is 1.73 bits per heavy atom. The number of fused-ring (bicyclic) bond motifs is 1. The largest absolute Gasteiger partial charge is 0.305 e. The molecule has 1 aliphatic rings. The number of amides is 2. The van der Waals surface area contributed by atoms with Gasteiger partial charge >= 0.3 is 0 Å². The van der Waals surface area contributed by atoms with Gasteiger partial charge in [0.1, 0.15) is 5.15 Å². The lowest BCUT2D eigenvalue weighted by atomic mass is 9.89. The van der Waals surface area contributed by atoms with E-state index in [4.69, 9.17) is 11.6 Å². The summed E-state index contributed by atoms with van der Waals surface area (Å²) in [6, 6.07) is 20.5. The average molecular weight is 420 g/mol. The summed E-state index contributed by atoms with van der Waals surface area (Å²) in [5.41, 5.74) is 3.08. The molecule has 0 radical (unpaired) electrons. The third kappa shape index (κ3) is 3.68. The maximum Gasteiger partial charge on any atom is 0.260 e. The van der Waals surface area contributed by atoms with Gasteiger partial charge in [0.15, 0.2) is 0 Å². The number of rotatable bonds is 3. The molecule has 2 atom stereocenters. The minimum Gasteiger partial charge on any atom is -0.305 e. The van der Waals surface area contributed by atoms with E-state index in [0.29, 0.717) is 17.1 Å². The van der Waals surface area contributed by atoms with Gasteiger partial charge in [-0.05, 0) is 49.2 Å². The number of carbonyl (C=O) groups is 2. The minimum absolute atomic E-state index is 0.0325. The zero-order valence-corrected chi connectivity index (χ0v) is 17.6. The van der Waals surface area contributed by atoms with Crippen LogP contribution in [0.1, 0.15) is 42.2 Å². The summed E-state index contributed by atoms with van der Waals surface area (Å²) in [7, 11) is 0. The molecule has 152 valence electrons. The summed E-state index contributed by atoms with van der Waals surface area (Å²) >= 11 is 5.88. The lowest BCUT2D eigenvalue weighted by Crippen LogP contribution is -2.47. The summed E-state index contributed by atoms with van der Waals surface area (Å²) in [6.07, 6.45) is 2.12. The van der Waals surface area contributed by atoms with Crippen LogP contribution in [0, 0.1) is 0 Å². The highest BCUT2D eigenvalue weighted by molar-refractivity contribution is 6.29. The van der Waals surface area contributed by atoms with E-state index in [2.05, 4.69) is 4.98 Å². The van der Waals surface area contributed by atoms with E-state index in [1.165, 1.54) is 6.20 Å². The highest BCUT2D eigenvalue weighted by Gasteiger charge is 2.38. The summed E-state index contributed by atoms with van der Waals surface area (Å²) < 4.78 is 0. The molecule has 0 fully saturated rings. The second kappa shape index (κ2) is 8.28. The molecule has 2 heterocycles. The summed E-state index contributed by atoms with van der Waals surface area (Å²) in [6.45, 7) is 3.59. The Balaban J connectivity index is 1.77. The fourth-order valence-electron chi connectivity index (χ4n) is 4.15. The molecule has 0 unspecified atom stereocenters. The van der Waals surface area contributed by atoms with Crippen molar-refractivity contribution in [1.82, 2.24) is 4.98 Å². The van der Waals surface area contributed by atoms with Crippen molar-refractivity contribution in [2.45, 2.75) is 32.4 Å². The van der Waals surface area contributed by atoms with Crippen LogP contribution in [0.3, 0.4) is 0 Å². The molecule has 2 aromatic carbocycles. The fraction of sp³-hybridized carbons (Fsp3) is 0.208. The predicted octanol–water partition coefficient (Wildman–Crippen LogP) is 5.27. The van der Waals surface area contributed by atoms with Gasteiger partial charge in [0, 0.05) is 30.5 Å². The molecule has 1 aromatic heterocycles. The third-order valence-corrected chi connectivity index (χ3v) is 5.66. The molecule has 0 bridgehead atoms. The first-order valence-electron chi connectivity index (χ1n) is 9.86. The molecule has 6 heteroatoms. The molecule has 1 aliphatic heterocycles. The number of hydrogen-bond acceptors (Lipinski definition) is 3. The van der Waals surface area contributed by atoms with Gasteiger partial charge in [-0.25, -0.2) is 4.98 Å². The Bertz CT molecular complexity index is 1070. The molecule has 5 nitrogen and oxygen atoms in total. The van der Waals surface area contributed by atoms with Gasteiger partial charge in [-0.15, -0.1) is 0 Å². The molecule has 0 saturated heterocycles. The van der Waals surface area contributed by atoms with E-state index >= 15 is 0 Å². The average Bonchev–Trinajstić information content (AvgIpc) is 2.74. The standard InChI is InChI=1S/C24H22ClN3O2/c1-16-14-22(28(17(2)29)19-8-4-3-5-9-19)20-10-6-7-11-21(20)27(16)24(30)18-12-13-23(25)26-15-18/h3-13,15-16,22H,14H2,1-2H3/t16-,22+/m0/s1. The summed E-state index contributed by atoms with van der Waals surface area (Å²) in [4.78, 5) is 33.6. The van der Waals surface area contributed by atoms with E-state index < -0.39 is 0 Å². The van der Waals surface area contributed by atoms with Crippen molar-refractivity contribution in [3.63, 3.8) is 0 Å². The smallest absolute Gasteiger partial charge is 0.260 e. The maximum atomic E-state index is 13.3. The minimum atomic E-state index is -0.163. The fourth-order valence-corrected chi connectivity index (χ4v) is 4.26. The van der Waals surface area contributed by atoms with Crippen LogP contribution in [0.15, 0.2) is 72.9 Å². The summed E-state index contributed by atoms with van der Waals surface area (Å²) in [5.74, 6) is -0.165. The molecule has 0 saturated carbocycles. The van der Waals surface area contributed by atoms with Crippen molar-refractivity contribution in [3.8, 4) is 0 Å². The van der Waals surface area contributed by atoms with Gasteiger partial charge in [-0.3, -0.25) is 9.59 Å². The Morgan fingerprint density at radius 1 is 1.03 bits per heavy atom. The van der Waals surface area contributed by atoms with Gasteiger partial charge in [-0.1, -0.05) is 48.0 Å². The molecular formula is C24H22ClN3O2. The SMILES string of the molecule is CC(=O)N(c1ccccc1)[C@@H]1C[C@H](C)N(C(=O)c2ccc(Cl)nc2)c2ccccc21. The predicted molar refractivity (Wildman–Crippen MR) is 119 cm³/mol. The Hall–Kier alpha value is -3.18. The monoisotopic (exact) mass is 419 g/mol. The number of pyridine rings is 1. The van der Waals surface area contributed by atoms with E-state index in [1.807, 2.05) is 66.4 Å². The highest BCUT2D eigenvalue weighted by atomic mass is 35.5. The number of benzene rings is 2. The molecule has 2 amide bonds. The zero-order chi connectivity index (χ0) is 21.3. The maximum absolute atomic E-state index is 13.3.